The van der Waals surface area contributed by atoms with Crippen molar-refractivity contribution < 1.29 is 45.8 Å². The monoisotopic (exact) mass is 583 g/mol. The maximum absolute atomic E-state index is 13.6. The fourth-order valence-corrected chi connectivity index (χ4v) is 5.33. The number of alkyl halides is 3. The molecule has 0 aromatic heterocycles. The quantitative estimate of drug-likeness (QED) is 0.423. The van der Waals surface area contributed by atoms with E-state index < -0.39 is 46.3 Å². The summed E-state index contributed by atoms with van der Waals surface area (Å²) in [6.07, 6.45) is -6.45. The number of nitrogens with zero attached hydrogens (tertiary/aromatic N) is 1. The van der Waals surface area contributed by atoms with Crippen molar-refractivity contribution in [1.82, 2.24) is 0 Å². The van der Waals surface area contributed by atoms with Crippen LogP contribution in [0.5, 0.6) is 5.75 Å². The number of carboxylic acid groups (broad SMARTS) is 1. The molecule has 0 saturated heterocycles. The highest BCUT2D eigenvalue weighted by molar-refractivity contribution is 7.92. The minimum atomic E-state index is -4.79. The van der Waals surface area contributed by atoms with E-state index in [-0.39, 0.29) is 51.3 Å². The molecule has 202 valence electrons. The first-order valence-corrected chi connectivity index (χ1v) is 13.0. The fourth-order valence-electron chi connectivity index (χ4n) is 3.44. The van der Waals surface area contributed by atoms with Gasteiger partial charge >= 0.3 is 18.1 Å². The highest BCUT2D eigenvalue weighted by Gasteiger charge is 2.50. The molecule has 0 bridgehead atoms. The molecule has 0 amide bonds. The first-order valence-electron chi connectivity index (χ1n) is 10.8. The van der Waals surface area contributed by atoms with Crippen molar-refractivity contribution in [1.29, 1.82) is 0 Å². The van der Waals surface area contributed by atoms with Crippen molar-refractivity contribution >= 4 is 50.9 Å². The Bertz CT molecular complexity index is 1320. The van der Waals surface area contributed by atoms with E-state index in [0.717, 1.165) is 10.4 Å². The second-order valence-electron chi connectivity index (χ2n) is 8.75. The highest BCUT2D eigenvalue weighted by atomic mass is 35.5. The Morgan fingerprint density at radius 2 is 1.81 bits per heavy atom. The van der Waals surface area contributed by atoms with Crippen LogP contribution in [0.2, 0.25) is 10.0 Å². The molecule has 1 heterocycles. The number of fused-ring (bicyclic) bond motifs is 1. The minimum Gasteiger partial charge on any atom is -0.486 e. The van der Waals surface area contributed by atoms with Gasteiger partial charge in [-0.15, -0.1) is 0 Å². The van der Waals surface area contributed by atoms with Crippen LogP contribution < -0.4 is 9.04 Å². The summed E-state index contributed by atoms with van der Waals surface area (Å²) in [5, 5.41) is 9.14. The van der Waals surface area contributed by atoms with Crippen LogP contribution in [-0.4, -0.2) is 49.9 Å². The van der Waals surface area contributed by atoms with Gasteiger partial charge in [0, 0.05) is 6.42 Å². The number of halogens is 5. The summed E-state index contributed by atoms with van der Waals surface area (Å²) in [5.74, 6) is -2.18. The van der Waals surface area contributed by atoms with Gasteiger partial charge < -0.3 is 14.6 Å². The smallest absolute Gasteiger partial charge is 0.427 e. The number of ether oxygens (including phenoxy) is 2. The second kappa shape index (κ2) is 10.6. The Morgan fingerprint density at radius 1 is 1.14 bits per heavy atom. The van der Waals surface area contributed by atoms with Crippen LogP contribution >= 0.6 is 23.2 Å². The highest BCUT2D eigenvalue weighted by Crippen LogP contribution is 2.40. The molecule has 37 heavy (non-hydrogen) atoms. The number of carbonyl (C=O) groups excluding carboxylic acids is 1. The average Bonchev–Trinajstić information content (AvgIpc) is 2.77. The van der Waals surface area contributed by atoms with Gasteiger partial charge in [-0.25, -0.2) is 8.42 Å². The Labute approximate surface area is 220 Å². The molecule has 1 atom stereocenters. The molecule has 1 aliphatic heterocycles. The van der Waals surface area contributed by atoms with Gasteiger partial charge in [0.2, 0.25) is 5.60 Å². The molecule has 0 spiro atoms. The normalized spacial score (nSPS) is 16.1. The maximum Gasteiger partial charge on any atom is 0.427 e. The number of sulfonamides is 1. The molecule has 0 aliphatic carbocycles. The van der Waals surface area contributed by atoms with Crippen molar-refractivity contribution in [2.45, 2.75) is 55.9 Å². The molecular formula is C23H22Cl2F3NO7S. The van der Waals surface area contributed by atoms with Crippen LogP contribution in [0.25, 0.3) is 0 Å². The molecular weight excluding hydrogens is 562 g/mol. The molecule has 0 fully saturated rings. The third-order valence-electron chi connectivity index (χ3n) is 5.51. The number of hydrogen-bond donors (Lipinski definition) is 1. The maximum atomic E-state index is 13.6. The second-order valence-corrected chi connectivity index (χ2v) is 11.4. The lowest BCUT2D eigenvalue weighted by molar-refractivity contribution is -0.257. The van der Waals surface area contributed by atoms with Crippen molar-refractivity contribution in [2.24, 2.45) is 0 Å². The Hall–Kier alpha value is -2.70. The van der Waals surface area contributed by atoms with Crippen LogP contribution in [0.15, 0.2) is 41.3 Å². The largest absolute Gasteiger partial charge is 0.486 e. The van der Waals surface area contributed by atoms with E-state index in [1.54, 1.807) is 0 Å². The summed E-state index contributed by atoms with van der Waals surface area (Å²) in [7, 11) is -4.28. The molecule has 2 aromatic rings. The van der Waals surface area contributed by atoms with Crippen LogP contribution in [0, 0.1) is 0 Å². The van der Waals surface area contributed by atoms with Gasteiger partial charge in [-0.05, 0) is 56.2 Å². The minimum absolute atomic E-state index is 0.00275. The van der Waals surface area contributed by atoms with E-state index in [4.69, 9.17) is 33.0 Å². The predicted molar refractivity (Wildman–Crippen MR) is 129 cm³/mol. The number of rotatable bonds is 8. The number of hydrogen-bond acceptors (Lipinski definition) is 6. The molecule has 8 nitrogen and oxygen atoms in total. The lowest BCUT2D eigenvalue weighted by atomic mass is 10.1. The van der Waals surface area contributed by atoms with Gasteiger partial charge in [0.1, 0.15) is 11.9 Å². The number of carbonyl (C=O) groups is 2. The van der Waals surface area contributed by atoms with Gasteiger partial charge in [-0.1, -0.05) is 29.3 Å². The summed E-state index contributed by atoms with van der Waals surface area (Å²) < 4.78 is 77.7. The third-order valence-corrected chi connectivity index (χ3v) is 8.03. The number of esters is 1. The number of carboxylic acids is 1. The van der Waals surface area contributed by atoms with Crippen molar-refractivity contribution in [3.8, 4) is 5.75 Å². The van der Waals surface area contributed by atoms with E-state index in [0.29, 0.717) is 13.8 Å². The van der Waals surface area contributed by atoms with Crippen LogP contribution in [0.4, 0.5) is 18.9 Å². The van der Waals surface area contributed by atoms with E-state index in [1.165, 1.54) is 30.3 Å². The zero-order valence-electron chi connectivity index (χ0n) is 19.5. The number of aliphatic carboxylic acids is 1. The molecule has 3 rings (SSSR count). The molecule has 2 aromatic carbocycles. The van der Waals surface area contributed by atoms with E-state index in [2.05, 4.69) is 4.74 Å². The van der Waals surface area contributed by atoms with Gasteiger partial charge in [0.15, 0.2) is 0 Å². The lowest BCUT2D eigenvalue weighted by Crippen LogP contribution is -2.44. The molecule has 0 unspecified atom stereocenters. The zero-order chi connectivity index (χ0) is 27.8. The average molecular weight is 584 g/mol. The number of anilines is 1. The molecule has 14 heteroatoms. The summed E-state index contributed by atoms with van der Waals surface area (Å²) in [5.41, 5.74) is -2.54. The van der Waals surface area contributed by atoms with E-state index in [1.807, 2.05) is 0 Å². The summed E-state index contributed by atoms with van der Waals surface area (Å²) >= 11 is 11.9. The van der Waals surface area contributed by atoms with Gasteiger partial charge in [-0.2, -0.15) is 13.2 Å². The first kappa shape index (κ1) is 28.9. The van der Waals surface area contributed by atoms with Gasteiger partial charge in [0.25, 0.3) is 10.0 Å². The summed E-state index contributed by atoms with van der Waals surface area (Å²) in [4.78, 5) is 23.1. The molecule has 1 N–H and O–H groups in total. The Kier molecular flexibility index (Phi) is 8.25. The van der Waals surface area contributed by atoms with E-state index >= 15 is 0 Å². The van der Waals surface area contributed by atoms with Crippen molar-refractivity contribution in [2.75, 3.05) is 10.8 Å². The fraction of sp³-hybridized carbons (Fsp3) is 0.391. The van der Waals surface area contributed by atoms with Gasteiger partial charge in [-0.3, -0.25) is 13.9 Å². The predicted octanol–water partition coefficient (Wildman–Crippen LogP) is 5.24. The molecule has 1 aliphatic rings. The van der Waals surface area contributed by atoms with Crippen LogP contribution in [-0.2, 0) is 30.8 Å². The zero-order valence-corrected chi connectivity index (χ0v) is 21.8. The Balaban J connectivity index is 1.97. The van der Waals surface area contributed by atoms with Crippen LogP contribution in [0.3, 0.4) is 0 Å². The molecule has 0 radical (unpaired) electrons. The standard InChI is InChI=1S/C23H22Cl2F3NO7S/c1-22(2,23(26,27)28)36-21(32)10-13-3-7-19-18(9-13)29(12-14(35-19)4-8-20(30)31)37(33,34)15-5-6-16(24)17(25)11-15/h3,5-7,9,11,14H,4,8,10,12H2,1-2H3,(H,30,31)/t14-/m0/s1. The van der Waals surface area contributed by atoms with Crippen molar-refractivity contribution in [3.63, 3.8) is 0 Å². The summed E-state index contributed by atoms with van der Waals surface area (Å²) in [6.45, 7) is 1.17. The van der Waals surface area contributed by atoms with Crippen LogP contribution in [0.1, 0.15) is 32.3 Å². The summed E-state index contributed by atoms with van der Waals surface area (Å²) in [6, 6.07) is 7.72. The third kappa shape index (κ3) is 6.60. The van der Waals surface area contributed by atoms with E-state index in [9.17, 15) is 31.2 Å². The van der Waals surface area contributed by atoms with Gasteiger partial charge in [0.05, 0.1) is 33.6 Å². The SMILES string of the molecule is CC(C)(OC(=O)Cc1ccc2c(c1)N(S(=O)(=O)c1ccc(Cl)c(Cl)c1)C[C@H](CCC(=O)O)O2)C(F)(F)F. The Morgan fingerprint density at radius 3 is 2.41 bits per heavy atom. The number of benzene rings is 2. The lowest BCUT2D eigenvalue weighted by Gasteiger charge is -2.35. The topological polar surface area (TPSA) is 110 Å². The first-order chi connectivity index (χ1) is 17.0. The molecule has 0 saturated carbocycles. The van der Waals surface area contributed by atoms with Crippen molar-refractivity contribution in [3.05, 3.63) is 52.0 Å².